The van der Waals surface area contributed by atoms with Crippen LogP contribution in [0, 0.1) is 0 Å². The molecule has 0 N–H and O–H groups in total. The van der Waals surface area contributed by atoms with E-state index in [9.17, 15) is 0 Å². The SMILES string of the molecule is CCCCC1(CCCC)CC([CH2][Hg][Cl])O1. The van der Waals surface area contributed by atoms with Crippen molar-refractivity contribution in [2.45, 2.75) is 74.4 Å². The molecule has 15 heavy (non-hydrogen) atoms. The number of hydrogen-bond acceptors (Lipinski definition) is 1. The molecule has 1 heterocycles. The van der Waals surface area contributed by atoms with Crippen LogP contribution in [0.2, 0.25) is 3.93 Å². The van der Waals surface area contributed by atoms with E-state index in [-0.39, 0.29) is 5.60 Å². The molecule has 0 aliphatic carbocycles. The molecule has 1 unspecified atom stereocenters. The van der Waals surface area contributed by atoms with Crippen molar-refractivity contribution in [1.82, 2.24) is 0 Å². The van der Waals surface area contributed by atoms with Crippen LogP contribution >= 0.6 is 8.25 Å². The Hall–Kier alpha value is 1.19. The third-order valence-corrected chi connectivity index (χ3v) is 8.69. The Bertz CT molecular complexity index is 159. The van der Waals surface area contributed by atoms with Crippen LogP contribution in [-0.4, -0.2) is 11.7 Å². The van der Waals surface area contributed by atoms with Gasteiger partial charge in [0.2, 0.25) is 0 Å². The third-order valence-electron chi connectivity index (χ3n) is 3.42. The monoisotopic (exact) mass is 420 g/mol. The second kappa shape index (κ2) is 7.50. The fourth-order valence-corrected chi connectivity index (χ4v) is 6.82. The van der Waals surface area contributed by atoms with Crippen molar-refractivity contribution >= 4 is 8.25 Å². The molecule has 0 radical (unpaired) electrons. The van der Waals surface area contributed by atoms with Crippen molar-refractivity contribution in [3.05, 3.63) is 0 Å². The van der Waals surface area contributed by atoms with E-state index in [0.29, 0.717) is 6.10 Å². The molecule has 0 spiro atoms. The minimum atomic E-state index is -0.976. The molecule has 1 aliphatic heterocycles. The molecule has 1 aliphatic rings. The van der Waals surface area contributed by atoms with E-state index >= 15 is 0 Å². The Morgan fingerprint density at radius 2 is 1.80 bits per heavy atom. The first kappa shape index (κ1) is 14.2. The summed E-state index contributed by atoms with van der Waals surface area (Å²) in [7, 11) is 5.95. The molecule has 1 rings (SSSR count). The van der Waals surface area contributed by atoms with Crippen molar-refractivity contribution in [3.8, 4) is 0 Å². The standard InChI is InChI=1S/C12H23O.ClH.Hg/c1-4-6-8-12(9-7-5-2)10-11(3)13-12;;/h11H,3-10H2,1-2H3;1H;/q;;+1/p-1. The Morgan fingerprint density at radius 3 is 2.20 bits per heavy atom. The zero-order chi connectivity index (χ0) is 11.1. The number of halogens is 1. The van der Waals surface area contributed by atoms with Gasteiger partial charge in [0.25, 0.3) is 0 Å². The van der Waals surface area contributed by atoms with E-state index in [1.807, 2.05) is 0 Å². The zero-order valence-electron chi connectivity index (χ0n) is 10.2. The van der Waals surface area contributed by atoms with Crippen molar-refractivity contribution in [2.24, 2.45) is 0 Å². The third kappa shape index (κ3) is 4.51. The van der Waals surface area contributed by atoms with Crippen molar-refractivity contribution in [3.63, 3.8) is 0 Å². The number of hydrogen-bond donors (Lipinski definition) is 0. The Morgan fingerprint density at radius 1 is 1.27 bits per heavy atom. The van der Waals surface area contributed by atoms with E-state index in [2.05, 4.69) is 13.8 Å². The van der Waals surface area contributed by atoms with Gasteiger partial charge in [-0.1, -0.05) is 0 Å². The predicted octanol–water partition coefficient (Wildman–Crippen LogP) is 4.55. The van der Waals surface area contributed by atoms with E-state index in [0.717, 1.165) is 0 Å². The molecule has 1 saturated heterocycles. The molecule has 1 atom stereocenters. The van der Waals surface area contributed by atoms with Gasteiger partial charge in [-0.05, 0) is 0 Å². The van der Waals surface area contributed by atoms with Crippen molar-refractivity contribution in [1.29, 1.82) is 0 Å². The number of rotatable bonds is 8. The van der Waals surface area contributed by atoms with Crippen LogP contribution in [0.3, 0.4) is 0 Å². The van der Waals surface area contributed by atoms with Crippen molar-refractivity contribution in [2.75, 3.05) is 0 Å². The molecule has 1 nitrogen and oxygen atoms in total. The van der Waals surface area contributed by atoms with Crippen LogP contribution in [0.1, 0.15) is 58.8 Å². The maximum atomic E-state index is 6.14. The van der Waals surface area contributed by atoms with Gasteiger partial charge in [0.05, 0.1) is 0 Å². The summed E-state index contributed by atoms with van der Waals surface area (Å²) in [6, 6.07) is 0. The van der Waals surface area contributed by atoms with Gasteiger partial charge < -0.3 is 0 Å². The van der Waals surface area contributed by atoms with Crippen LogP contribution in [0.5, 0.6) is 0 Å². The van der Waals surface area contributed by atoms with Crippen LogP contribution in [-0.2, 0) is 28.1 Å². The first-order valence-corrected chi connectivity index (χ1v) is 17.2. The molecule has 1 fully saturated rings. The van der Waals surface area contributed by atoms with Gasteiger partial charge in [-0.25, -0.2) is 0 Å². The summed E-state index contributed by atoms with van der Waals surface area (Å²) in [5.74, 6) is 0. The minimum absolute atomic E-state index is 0.274. The molecule has 86 valence electrons. The van der Waals surface area contributed by atoms with E-state index in [1.54, 1.807) is 0 Å². The van der Waals surface area contributed by atoms with E-state index in [1.165, 1.54) is 48.9 Å². The molecule has 3 heteroatoms. The van der Waals surface area contributed by atoms with Crippen LogP contribution in [0.4, 0.5) is 0 Å². The number of unbranched alkanes of at least 4 members (excludes halogenated alkanes) is 2. The molecule has 0 saturated carbocycles. The summed E-state index contributed by atoms with van der Waals surface area (Å²) < 4.78 is 7.39. The molecule has 0 aromatic rings. The summed E-state index contributed by atoms with van der Waals surface area (Å²) in [4.78, 5) is 0. The Labute approximate surface area is 110 Å². The molecule has 0 aromatic heterocycles. The van der Waals surface area contributed by atoms with Crippen LogP contribution in [0.25, 0.3) is 0 Å². The van der Waals surface area contributed by atoms with Crippen LogP contribution < -0.4 is 0 Å². The number of ether oxygens (including phenoxy) is 1. The van der Waals surface area contributed by atoms with Gasteiger partial charge in [-0.3, -0.25) is 0 Å². The molecule has 0 bridgehead atoms. The van der Waals surface area contributed by atoms with Gasteiger partial charge in [0, 0.05) is 0 Å². The average molecular weight is 419 g/mol. The van der Waals surface area contributed by atoms with E-state index < -0.39 is 23.3 Å². The quantitative estimate of drug-likeness (QED) is 0.525. The Kier molecular flexibility index (Phi) is 7.12. The van der Waals surface area contributed by atoms with E-state index in [4.69, 9.17) is 13.0 Å². The first-order chi connectivity index (χ1) is 7.26. The van der Waals surface area contributed by atoms with Gasteiger partial charge in [-0.2, -0.15) is 0 Å². The maximum absolute atomic E-state index is 6.14. The fraction of sp³-hybridized carbons (Fsp3) is 1.00. The molecular weight excluding hydrogens is 396 g/mol. The second-order valence-corrected chi connectivity index (χ2v) is 11.8. The second-order valence-electron chi connectivity index (χ2n) is 4.81. The Balaban J connectivity index is 2.29. The zero-order valence-corrected chi connectivity index (χ0v) is 16.5. The summed E-state index contributed by atoms with van der Waals surface area (Å²) in [5.41, 5.74) is 0.274. The molecule has 0 amide bonds. The molecular formula is C12H23ClHgO. The van der Waals surface area contributed by atoms with Gasteiger partial charge in [0.1, 0.15) is 0 Å². The van der Waals surface area contributed by atoms with Gasteiger partial charge in [-0.15, -0.1) is 0 Å². The predicted molar refractivity (Wildman–Crippen MR) is 61.9 cm³/mol. The summed E-state index contributed by atoms with van der Waals surface area (Å²) in [6.07, 6.45) is 9.63. The van der Waals surface area contributed by atoms with Crippen molar-refractivity contribution < 1.29 is 28.1 Å². The topological polar surface area (TPSA) is 9.23 Å². The van der Waals surface area contributed by atoms with Gasteiger partial charge in [0.15, 0.2) is 0 Å². The van der Waals surface area contributed by atoms with Gasteiger partial charge >= 0.3 is 111 Å². The summed E-state index contributed by atoms with van der Waals surface area (Å²) in [5, 5.41) is 0. The summed E-state index contributed by atoms with van der Waals surface area (Å²) >= 11 is -0.976. The molecule has 0 aromatic carbocycles. The first-order valence-electron chi connectivity index (χ1n) is 6.50. The van der Waals surface area contributed by atoms with Crippen LogP contribution in [0.15, 0.2) is 0 Å². The normalized spacial score (nSPS) is 23.3. The summed E-state index contributed by atoms with van der Waals surface area (Å²) in [6.45, 7) is 4.53. The average Bonchev–Trinajstić information content (AvgIpc) is 2.19. The fourth-order valence-electron chi connectivity index (χ4n) is 2.49.